The first-order valence-electron chi connectivity index (χ1n) is 6.73. The molecule has 2 aliphatic rings. The summed E-state index contributed by atoms with van der Waals surface area (Å²) in [6, 6.07) is 0. The molecule has 2 heterocycles. The summed E-state index contributed by atoms with van der Waals surface area (Å²) in [5.74, 6) is 0. The average molecular weight is 253 g/mol. The molecule has 0 N–H and O–H groups in total. The molecular weight excluding hydrogens is 230 g/mol. The standard InChI is InChI=1S/C14H23NO3/c1-14(2,3)11-6-8-15(9-7-11)13(16)18-12-5-4-10-17-12/h6,12H,4-5,7-10H2,1-3H3. The Kier molecular flexibility index (Phi) is 3.95. The van der Waals surface area contributed by atoms with Crippen molar-refractivity contribution in [2.45, 2.75) is 46.3 Å². The Morgan fingerprint density at radius 1 is 1.50 bits per heavy atom. The lowest BCUT2D eigenvalue weighted by molar-refractivity contribution is -0.0777. The van der Waals surface area contributed by atoms with Crippen molar-refractivity contribution in [2.24, 2.45) is 5.41 Å². The summed E-state index contributed by atoms with van der Waals surface area (Å²) in [7, 11) is 0. The molecule has 4 heteroatoms. The Hall–Kier alpha value is -1.03. The lowest BCUT2D eigenvalue weighted by Gasteiger charge is -2.32. The summed E-state index contributed by atoms with van der Waals surface area (Å²) < 4.78 is 10.6. The van der Waals surface area contributed by atoms with Gasteiger partial charge >= 0.3 is 6.09 Å². The van der Waals surface area contributed by atoms with Crippen LogP contribution in [0.4, 0.5) is 4.79 Å². The van der Waals surface area contributed by atoms with E-state index in [9.17, 15) is 4.79 Å². The molecule has 0 spiro atoms. The van der Waals surface area contributed by atoms with Gasteiger partial charge in [-0.15, -0.1) is 0 Å². The number of carbonyl (C=O) groups is 1. The van der Waals surface area contributed by atoms with Crippen molar-refractivity contribution in [1.82, 2.24) is 4.90 Å². The van der Waals surface area contributed by atoms with Gasteiger partial charge in [0.25, 0.3) is 0 Å². The molecule has 0 aromatic rings. The quantitative estimate of drug-likeness (QED) is 0.674. The van der Waals surface area contributed by atoms with Crippen LogP contribution < -0.4 is 0 Å². The highest BCUT2D eigenvalue weighted by Crippen LogP contribution is 2.30. The van der Waals surface area contributed by atoms with Gasteiger partial charge in [-0.25, -0.2) is 4.79 Å². The van der Waals surface area contributed by atoms with Crippen LogP contribution in [-0.4, -0.2) is 37.0 Å². The maximum absolute atomic E-state index is 11.9. The van der Waals surface area contributed by atoms with Crippen molar-refractivity contribution in [3.63, 3.8) is 0 Å². The zero-order valence-corrected chi connectivity index (χ0v) is 11.6. The van der Waals surface area contributed by atoms with Crippen LogP contribution in [0.5, 0.6) is 0 Å². The molecule has 0 bridgehead atoms. The third-order valence-electron chi connectivity index (χ3n) is 3.55. The highest BCUT2D eigenvalue weighted by Gasteiger charge is 2.27. The fourth-order valence-electron chi connectivity index (χ4n) is 2.34. The van der Waals surface area contributed by atoms with Crippen molar-refractivity contribution in [2.75, 3.05) is 19.7 Å². The second-order valence-electron chi connectivity index (χ2n) is 6.00. The topological polar surface area (TPSA) is 38.8 Å². The molecule has 2 aliphatic heterocycles. The smallest absolute Gasteiger partial charge is 0.412 e. The van der Waals surface area contributed by atoms with E-state index in [4.69, 9.17) is 9.47 Å². The van der Waals surface area contributed by atoms with Crippen LogP contribution in [0, 0.1) is 5.41 Å². The fourth-order valence-corrected chi connectivity index (χ4v) is 2.34. The third kappa shape index (κ3) is 3.25. The van der Waals surface area contributed by atoms with Crippen LogP contribution in [0.3, 0.4) is 0 Å². The Labute approximate surface area is 109 Å². The molecule has 4 nitrogen and oxygen atoms in total. The molecule has 102 valence electrons. The predicted octanol–water partition coefficient (Wildman–Crippen LogP) is 2.94. The molecule has 18 heavy (non-hydrogen) atoms. The van der Waals surface area contributed by atoms with Gasteiger partial charge in [-0.2, -0.15) is 0 Å². The zero-order chi connectivity index (χ0) is 13.2. The average Bonchev–Trinajstić information content (AvgIpc) is 2.81. The highest BCUT2D eigenvalue weighted by molar-refractivity contribution is 5.68. The Morgan fingerprint density at radius 3 is 2.78 bits per heavy atom. The second-order valence-corrected chi connectivity index (χ2v) is 6.00. The predicted molar refractivity (Wildman–Crippen MR) is 69.2 cm³/mol. The highest BCUT2D eigenvalue weighted by atomic mass is 16.7. The van der Waals surface area contributed by atoms with Gasteiger partial charge < -0.3 is 14.4 Å². The third-order valence-corrected chi connectivity index (χ3v) is 3.55. The van der Waals surface area contributed by atoms with E-state index < -0.39 is 0 Å². The molecule has 1 atom stereocenters. The Bertz CT molecular complexity index is 337. The summed E-state index contributed by atoms with van der Waals surface area (Å²) in [6.07, 6.45) is 4.32. The minimum atomic E-state index is -0.328. The summed E-state index contributed by atoms with van der Waals surface area (Å²) in [6.45, 7) is 8.72. The van der Waals surface area contributed by atoms with E-state index in [0.29, 0.717) is 13.2 Å². The summed E-state index contributed by atoms with van der Waals surface area (Å²) in [5, 5.41) is 0. The minimum absolute atomic E-state index is 0.199. The van der Waals surface area contributed by atoms with E-state index in [2.05, 4.69) is 26.8 Å². The number of rotatable bonds is 1. The number of nitrogens with zero attached hydrogens (tertiary/aromatic N) is 1. The van der Waals surface area contributed by atoms with Crippen LogP contribution >= 0.6 is 0 Å². The van der Waals surface area contributed by atoms with Gasteiger partial charge in [0, 0.05) is 19.5 Å². The van der Waals surface area contributed by atoms with Crippen LogP contribution in [-0.2, 0) is 9.47 Å². The SMILES string of the molecule is CC(C)(C)C1=CCN(C(=O)OC2CCCO2)CC1. The molecule has 1 saturated heterocycles. The molecule has 0 saturated carbocycles. The van der Waals surface area contributed by atoms with E-state index in [-0.39, 0.29) is 17.8 Å². The Morgan fingerprint density at radius 2 is 2.28 bits per heavy atom. The van der Waals surface area contributed by atoms with Gasteiger partial charge in [-0.1, -0.05) is 32.4 Å². The van der Waals surface area contributed by atoms with Gasteiger partial charge in [0.1, 0.15) is 0 Å². The van der Waals surface area contributed by atoms with Gasteiger partial charge in [-0.05, 0) is 18.3 Å². The van der Waals surface area contributed by atoms with Crippen molar-refractivity contribution >= 4 is 6.09 Å². The lowest BCUT2D eigenvalue weighted by Crippen LogP contribution is -2.38. The number of hydrogen-bond acceptors (Lipinski definition) is 3. The van der Waals surface area contributed by atoms with E-state index in [1.807, 2.05) is 0 Å². The largest absolute Gasteiger partial charge is 0.419 e. The molecule has 0 aromatic heterocycles. The first-order chi connectivity index (χ1) is 8.47. The van der Waals surface area contributed by atoms with Crippen LogP contribution in [0.1, 0.15) is 40.0 Å². The van der Waals surface area contributed by atoms with Crippen LogP contribution in [0.15, 0.2) is 11.6 Å². The maximum atomic E-state index is 11.9. The lowest BCUT2D eigenvalue weighted by atomic mass is 9.83. The molecule has 0 radical (unpaired) electrons. The van der Waals surface area contributed by atoms with E-state index in [1.165, 1.54) is 5.57 Å². The van der Waals surface area contributed by atoms with Gasteiger partial charge in [0.05, 0.1) is 6.61 Å². The van der Waals surface area contributed by atoms with Crippen LogP contribution in [0.2, 0.25) is 0 Å². The summed E-state index contributed by atoms with van der Waals surface area (Å²) >= 11 is 0. The number of hydrogen-bond donors (Lipinski definition) is 0. The second kappa shape index (κ2) is 5.31. The fraction of sp³-hybridized carbons (Fsp3) is 0.786. The van der Waals surface area contributed by atoms with Crippen LogP contribution in [0.25, 0.3) is 0 Å². The van der Waals surface area contributed by atoms with Crippen molar-refractivity contribution in [3.05, 3.63) is 11.6 Å². The van der Waals surface area contributed by atoms with Crippen molar-refractivity contribution in [3.8, 4) is 0 Å². The molecule has 1 unspecified atom stereocenters. The molecule has 1 amide bonds. The monoisotopic (exact) mass is 253 g/mol. The molecule has 0 aliphatic carbocycles. The van der Waals surface area contributed by atoms with Crippen molar-refractivity contribution in [1.29, 1.82) is 0 Å². The minimum Gasteiger partial charge on any atom is -0.419 e. The summed E-state index contributed by atoms with van der Waals surface area (Å²) in [5.41, 5.74) is 1.62. The maximum Gasteiger partial charge on any atom is 0.412 e. The molecule has 1 fully saturated rings. The zero-order valence-electron chi connectivity index (χ0n) is 11.6. The van der Waals surface area contributed by atoms with Gasteiger partial charge in [0.15, 0.2) is 0 Å². The first-order valence-corrected chi connectivity index (χ1v) is 6.73. The van der Waals surface area contributed by atoms with Crippen molar-refractivity contribution < 1.29 is 14.3 Å². The molecular formula is C14H23NO3. The molecule has 0 aromatic carbocycles. The van der Waals surface area contributed by atoms with E-state index >= 15 is 0 Å². The number of ether oxygens (including phenoxy) is 2. The molecule has 2 rings (SSSR count). The van der Waals surface area contributed by atoms with Gasteiger partial charge in [-0.3, -0.25) is 0 Å². The Balaban J connectivity index is 1.85. The number of amides is 1. The summed E-state index contributed by atoms with van der Waals surface area (Å²) in [4.78, 5) is 13.7. The normalized spacial score (nSPS) is 24.9. The van der Waals surface area contributed by atoms with E-state index in [0.717, 1.165) is 25.8 Å². The van der Waals surface area contributed by atoms with Gasteiger partial charge in [0.2, 0.25) is 6.29 Å². The first kappa shape index (κ1) is 13.4. The van der Waals surface area contributed by atoms with E-state index in [1.54, 1.807) is 4.90 Å². The number of carbonyl (C=O) groups excluding carboxylic acids is 1.